The monoisotopic (exact) mass is 1480 g/mol. The lowest BCUT2D eigenvalue weighted by molar-refractivity contribution is -0.161. The fourth-order valence-corrected chi connectivity index (χ4v) is 12.4. The van der Waals surface area contributed by atoms with Crippen molar-refractivity contribution in [3.63, 3.8) is 0 Å². The molecule has 0 fully saturated rings. The Morgan fingerprint density at radius 1 is 0.275 bits per heavy atom. The summed E-state index contributed by atoms with van der Waals surface area (Å²) in [6.45, 7) is 4.75. The molecule has 0 aliphatic heterocycles. The molecule has 0 heterocycles. The van der Waals surface area contributed by atoms with Gasteiger partial charge in [-0.25, -0.2) is 9.13 Å². The lowest BCUT2D eigenvalue weighted by atomic mass is 10.0. The SMILES string of the molecule is CCCCC/C=C\C/C=C\C/C=C\C/C=C\CCCC(=O)O[C@H](COC(=O)CCCCCCC/C=C\C/C=C\CCCCC)COP(=O)(O)OC[C@@H](O)COP(=O)(O)OC[C@@H](COC(=O)CCCCCCCCCCCCCCCCC)OC(=O)CCCCCCC/C=C\C/C=C\CCCCC. The maximum Gasteiger partial charge on any atom is 0.472 e. The molecule has 0 rings (SSSR count). The lowest BCUT2D eigenvalue weighted by Gasteiger charge is -2.21. The topological polar surface area (TPSA) is 237 Å². The van der Waals surface area contributed by atoms with Crippen molar-refractivity contribution in [2.45, 2.75) is 367 Å². The van der Waals surface area contributed by atoms with Crippen LogP contribution in [-0.2, 0) is 65.4 Å². The van der Waals surface area contributed by atoms with Gasteiger partial charge in [-0.05, 0) is 128 Å². The first-order valence-electron chi connectivity index (χ1n) is 40.5. The lowest BCUT2D eigenvalue weighted by Crippen LogP contribution is -2.30. The summed E-state index contributed by atoms with van der Waals surface area (Å²) in [6, 6.07) is 0. The highest BCUT2D eigenvalue weighted by atomic mass is 31.2. The Bertz CT molecular complexity index is 2310. The number of aliphatic hydroxyl groups is 1. The van der Waals surface area contributed by atoms with Gasteiger partial charge in [0.05, 0.1) is 26.4 Å². The number of carbonyl (C=O) groups excluding carboxylic acids is 4. The van der Waals surface area contributed by atoms with Crippen LogP contribution < -0.4 is 0 Å². The molecule has 0 aromatic rings. The minimum atomic E-state index is -4.99. The van der Waals surface area contributed by atoms with Crippen LogP contribution in [0.25, 0.3) is 0 Å². The van der Waals surface area contributed by atoms with Crippen molar-refractivity contribution in [2.24, 2.45) is 0 Å². The van der Waals surface area contributed by atoms with Crippen LogP contribution in [0.2, 0.25) is 0 Å². The first-order chi connectivity index (χ1) is 49.7. The smallest absolute Gasteiger partial charge is 0.462 e. The van der Waals surface area contributed by atoms with Gasteiger partial charge < -0.3 is 33.8 Å². The third kappa shape index (κ3) is 74.3. The van der Waals surface area contributed by atoms with Gasteiger partial charge in [0.1, 0.15) is 19.3 Å². The van der Waals surface area contributed by atoms with Gasteiger partial charge >= 0.3 is 39.5 Å². The van der Waals surface area contributed by atoms with Gasteiger partial charge in [-0.2, -0.15) is 0 Å². The van der Waals surface area contributed by atoms with E-state index in [0.29, 0.717) is 32.1 Å². The van der Waals surface area contributed by atoms with E-state index in [4.69, 9.17) is 37.0 Å². The summed E-state index contributed by atoms with van der Waals surface area (Å²) in [4.78, 5) is 73.0. The number of carbonyl (C=O) groups is 4. The molecule has 0 saturated heterocycles. The Morgan fingerprint density at radius 2 is 0.490 bits per heavy atom. The highest BCUT2D eigenvalue weighted by molar-refractivity contribution is 7.47. The molecule has 17 nitrogen and oxygen atoms in total. The Hall–Kier alpha value is -4.02. The molecule has 5 atom stereocenters. The van der Waals surface area contributed by atoms with Crippen molar-refractivity contribution in [2.75, 3.05) is 39.6 Å². The number of ether oxygens (including phenoxy) is 4. The summed E-state index contributed by atoms with van der Waals surface area (Å²) in [5.74, 6) is -2.25. The first kappa shape index (κ1) is 98.0. The molecule has 590 valence electrons. The van der Waals surface area contributed by atoms with Crippen LogP contribution in [0.4, 0.5) is 0 Å². The van der Waals surface area contributed by atoms with Gasteiger partial charge in [-0.15, -0.1) is 0 Å². The van der Waals surface area contributed by atoms with Gasteiger partial charge in [0, 0.05) is 25.7 Å². The second kappa shape index (κ2) is 75.2. The Labute approximate surface area is 620 Å². The molecule has 0 aliphatic rings. The van der Waals surface area contributed by atoms with E-state index < -0.39 is 97.5 Å². The van der Waals surface area contributed by atoms with Gasteiger partial charge in [-0.1, -0.05) is 292 Å². The number of rotatable bonds is 76. The van der Waals surface area contributed by atoms with E-state index in [1.54, 1.807) is 0 Å². The summed E-state index contributed by atoms with van der Waals surface area (Å²) in [5, 5.41) is 10.6. The highest BCUT2D eigenvalue weighted by Gasteiger charge is 2.30. The number of hydrogen-bond donors (Lipinski definition) is 3. The molecule has 19 heteroatoms. The fourth-order valence-electron chi connectivity index (χ4n) is 10.8. The summed E-state index contributed by atoms with van der Waals surface area (Å²) in [5.41, 5.74) is 0. The summed E-state index contributed by atoms with van der Waals surface area (Å²) in [6.07, 6.45) is 79.6. The standard InChI is InChI=1S/C83H146O17P2/c1-5-9-13-17-21-25-29-33-37-38-42-46-50-54-58-62-66-70-83(88)100-79(74-94-81(86)68-64-60-56-52-48-44-40-35-31-27-23-19-15-11-7-3)76-98-102(91,92)96-72-77(84)71-95-101(89,90)97-75-78(99-82(87)69-65-61-57-53-49-45-41-36-32-28-24-20-16-12-8-4)73-93-80(85)67-63-59-55-51-47-43-39-34-30-26-22-18-14-10-6-2/h21,23-25,27-28,33,35-37,40-42,46,54,58,77-79,84H,5-20,22,26,29-32,34,38-39,43-45,47-53,55-57,59-76H2,1-4H3,(H,89,90)(H,91,92)/b25-21-,27-23-,28-24-,37-33-,40-35-,41-36-,46-42-,58-54-/t77-,78+,79+/m0/s1. The number of esters is 4. The quantitative estimate of drug-likeness (QED) is 0.0169. The fraction of sp³-hybridized carbons (Fsp3) is 0.759. The highest BCUT2D eigenvalue weighted by Crippen LogP contribution is 2.45. The van der Waals surface area contributed by atoms with Crippen molar-refractivity contribution in [3.05, 3.63) is 97.2 Å². The van der Waals surface area contributed by atoms with Crippen LogP contribution in [0.1, 0.15) is 349 Å². The summed E-state index contributed by atoms with van der Waals surface area (Å²) < 4.78 is 68.6. The van der Waals surface area contributed by atoms with Crippen molar-refractivity contribution < 1.29 is 80.2 Å². The van der Waals surface area contributed by atoms with Crippen LogP contribution >= 0.6 is 15.6 Å². The zero-order chi connectivity index (χ0) is 74.6. The maximum atomic E-state index is 13.1. The van der Waals surface area contributed by atoms with Crippen LogP contribution in [-0.4, -0.2) is 96.7 Å². The molecule has 0 spiro atoms. The molecule has 2 unspecified atom stereocenters. The minimum Gasteiger partial charge on any atom is -0.462 e. The summed E-state index contributed by atoms with van der Waals surface area (Å²) >= 11 is 0. The van der Waals surface area contributed by atoms with Crippen molar-refractivity contribution >= 4 is 39.5 Å². The van der Waals surface area contributed by atoms with Crippen molar-refractivity contribution in [1.82, 2.24) is 0 Å². The van der Waals surface area contributed by atoms with Crippen LogP contribution in [0.15, 0.2) is 97.2 Å². The number of aliphatic hydroxyl groups excluding tert-OH is 1. The van der Waals surface area contributed by atoms with Gasteiger partial charge in [0.15, 0.2) is 12.2 Å². The molecule has 0 amide bonds. The van der Waals surface area contributed by atoms with E-state index in [9.17, 15) is 43.2 Å². The second-order valence-electron chi connectivity index (χ2n) is 27.0. The third-order valence-electron chi connectivity index (χ3n) is 17.0. The molecule has 3 N–H and O–H groups in total. The predicted octanol–water partition coefficient (Wildman–Crippen LogP) is 23.6. The van der Waals surface area contributed by atoms with Crippen molar-refractivity contribution in [3.8, 4) is 0 Å². The zero-order valence-electron chi connectivity index (χ0n) is 64.5. The first-order valence-corrected chi connectivity index (χ1v) is 43.5. The minimum absolute atomic E-state index is 0.0161. The van der Waals surface area contributed by atoms with E-state index >= 15 is 0 Å². The van der Waals surface area contributed by atoms with E-state index in [1.807, 2.05) is 12.2 Å². The molecule has 0 aromatic heterocycles. The average Bonchev–Trinajstić information content (AvgIpc) is 0.917. The van der Waals surface area contributed by atoms with Crippen LogP contribution in [0, 0.1) is 0 Å². The molecular formula is C83H146O17P2. The number of unbranched alkanes of at least 4 members (excludes halogenated alkanes) is 34. The molecule has 0 saturated carbocycles. The van der Waals surface area contributed by atoms with E-state index in [-0.39, 0.29) is 25.7 Å². The average molecular weight is 1480 g/mol. The Balaban J connectivity index is 5.42. The van der Waals surface area contributed by atoms with E-state index in [2.05, 4.69) is 113 Å². The van der Waals surface area contributed by atoms with Gasteiger partial charge in [-0.3, -0.25) is 37.3 Å². The molecule has 0 aliphatic carbocycles. The Morgan fingerprint density at radius 3 is 0.794 bits per heavy atom. The molecule has 0 bridgehead atoms. The third-order valence-corrected chi connectivity index (χ3v) is 18.9. The maximum absolute atomic E-state index is 13.1. The molecule has 0 aromatic carbocycles. The largest absolute Gasteiger partial charge is 0.472 e. The summed E-state index contributed by atoms with van der Waals surface area (Å²) in [7, 11) is -9.98. The predicted molar refractivity (Wildman–Crippen MR) is 418 cm³/mol. The van der Waals surface area contributed by atoms with Gasteiger partial charge in [0.2, 0.25) is 0 Å². The van der Waals surface area contributed by atoms with Gasteiger partial charge in [0.25, 0.3) is 0 Å². The number of hydrogen-bond acceptors (Lipinski definition) is 15. The second-order valence-corrected chi connectivity index (χ2v) is 29.9. The number of phosphoric acid groups is 2. The Kier molecular flexibility index (Phi) is 72.3. The number of allylic oxidation sites excluding steroid dienone is 16. The van der Waals surface area contributed by atoms with E-state index in [0.717, 1.165) is 135 Å². The molecule has 102 heavy (non-hydrogen) atoms. The molecular weight excluding hydrogens is 1330 g/mol. The van der Waals surface area contributed by atoms with E-state index in [1.165, 1.54) is 128 Å². The zero-order valence-corrected chi connectivity index (χ0v) is 66.3. The van der Waals surface area contributed by atoms with Crippen molar-refractivity contribution in [1.29, 1.82) is 0 Å². The normalized spacial score (nSPS) is 14.4. The molecule has 0 radical (unpaired) electrons. The number of phosphoric ester groups is 2. The van der Waals surface area contributed by atoms with Crippen LogP contribution in [0.5, 0.6) is 0 Å². The van der Waals surface area contributed by atoms with Crippen LogP contribution in [0.3, 0.4) is 0 Å².